The summed E-state index contributed by atoms with van der Waals surface area (Å²) in [6.07, 6.45) is 2.39. The third-order valence-corrected chi connectivity index (χ3v) is 3.98. The highest BCUT2D eigenvalue weighted by Gasteiger charge is 2.23. The zero-order chi connectivity index (χ0) is 13.5. The molecule has 0 saturated carbocycles. The lowest BCUT2D eigenvalue weighted by Gasteiger charge is -2.34. The van der Waals surface area contributed by atoms with Crippen molar-refractivity contribution in [2.45, 2.75) is 46.1 Å². The molecule has 0 spiro atoms. The van der Waals surface area contributed by atoms with Crippen LogP contribution in [0.1, 0.15) is 40.0 Å². The van der Waals surface area contributed by atoms with Gasteiger partial charge in [0.25, 0.3) is 0 Å². The maximum atomic E-state index is 11.8. The number of hydrogen-bond acceptors (Lipinski definition) is 3. The lowest BCUT2D eigenvalue weighted by Crippen LogP contribution is -2.43. The number of nitrogens with zero attached hydrogens (tertiary/aromatic N) is 2. The molecule has 0 radical (unpaired) electrons. The molecule has 1 amide bonds. The van der Waals surface area contributed by atoms with E-state index in [0.29, 0.717) is 12.3 Å². The molecule has 1 rings (SSSR count). The second kappa shape index (κ2) is 7.74. The monoisotopic (exact) mass is 256 g/mol. The molecule has 1 aliphatic heterocycles. The van der Waals surface area contributed by atoms with Crippen LogP contribution in [0.4, 0.5) is 0 Å². The smallest absolute Gasteiger partial charge is 0.222 e. The first-order valence-corrected chi connectivity index (χ1v) is 7.26. The minimum absolute atomic E-state index is 0.197. The second-order valence-corrected chi connectivity index (χ2v) is 5.30. The molecule has 0 aromatic heterocycles. The molecule has 2 unspecified atom stereocenters. The van der Waals surface area contributed by atoms with Gasteiger partial charge in [0.05, 0.1) is 6.10 Å². The summed E-state index contributed by atoms with van der Waals surface area (Å²) in [7, 11) is 0. The standard InChI is InChI=1S/C14H28N2O2/c1-4-16(5-2)14(18)7-6-9-15-10-8-12(3)13(17)11-15/h12-13,17H,4-11H2,1-3H3. The van der Waals surface area contributed by atoms with Crippen molar-refractivity contribution in [2.75, 3.05) is 32.7 Å². The Hall–Kier alpha value is -0.610. The molecule has 0 aromatic carbocycles. The van der Waals surface area contributed by atoms with Crippen LogP contribution in [0.25, 0.3) is 0 Å². The van der Waals surface area contributed by atoms with Crippen molar-refractivity contribution in [1.29, 1.82) is 0 Å². The largest absolute Gasteiger partial charge is 0.392 e. The Bertz CT molecular complexity index is 254. The summed E-state index contributed by atoms with van der Waals surface area (Å²) in [6, 6.07) is 0. The van der Waals surface area contributed by atoms with E-state index in [1.165, 1.54) is 0 Å². The van der Waals surface area contributed by atoms with Crippen molar-refractivity contribution in [3.05, 3.63) is 0 Å². The summed E-state index contributed by atoms with van der Waals surface area (Å²) in [5, 5.41) is 9.80. The number of carbonyl (C=O) groups is 1. The van der Waals surface area contributed by atoms with E-state index in [4.69, 9.17) is 0 Å². The van der Waals surface area contributed by atoms with E-state index in [-0.39, 0.29) is 12.0 Å². The number of hydrogen-bond donors (Lipinski definition) is 1. The minimum Gasteiger partial charge on any atom is -0.392 e. The van der Waals surface area contributed by atoms with E-state index >= 15 is 0 Å². The predicted molar refractivity (Wildman–Crippen MR) is 73.4 cm³/mol. The third kappa shape index (κ3) is 4.58. The quantitative estimate of drug-likeness (QED) is 0.780. The third-order valence-electron chi connectivity index (χ3n) is 3.98. The molecule has 0 aromatic rings. The van der Waals surface area contributed by atoms with Crippen molar-refractivity contribution in [3.63, 3.8) is 0 Å². The van der Waals surface area contributed by atoms with Crippen LogP contribution in [0, 0.1) is 5.92 Å². The summed E-state index contributed by atoms with van der Waals surface area (Å²) >= 11 is 0. The topological polar surface area (TPSA) is 43.8 Å². The lowest BCUT2D eigenvalue weighted by molar-refractivity contribution is -0.131. The first kappa shape index (κ1) is 15.4. The molecule has 0 bridgehead atoms. The van der Waals surface area contributed by atoms with Crippen LogP contribution in [-0.4, -0.2) is 59.6 Å². The van der Waals surface area contributed by atoms with E-state index in [0.717, 1.165) is 45.6 Å². The van der Waals surface area contributed by atoms with Crippen LogP contribution < -0.4 is 0 Å². The number of likely N-dealkylation sites (tertiary alicyclic amines) is 1. The zero-order valence-electron chi connectivity index (χ0n) is 12.1. The average Bonchev–Trinajstić information content (AvgIpc) is 2.35. The van der Waals surface area contributed by atoms with Crippen LogP contribution in [-0.2, 0) is 4.79 Å². The van der Waals surface area contributed by atoms with Gasteiger partial charge in [0.15, 0.2) is 0 Å². The minimum atomic E-state index is -0.197. The number of carbonyl (C=O) groups excluding carboxylic acids is 1. The summed E-state index contributed by atoms with van der Waals surface area (Å²) in [5.74, 6) is 0.671. The molecule has 1 N–H and O–H groups in total. The van der Waals surface area contributed by atoms with Crippen molar-refractivity contribution >= 4 is 5.91 Å². The van der Waals surface area contributed by atoms with Gasteiger partial charge in [-0.25, -0.2) is 0 Å². The molecule has 1 aliphatic rings. The van der Waals surface area contributed by atoms with Gasteiger partial charge in [0.2, 0.25) is 5.91 Å². The highest BCUT2D eigenvalue weighted by atomic mass is 16.3. The Morgan fingerprint density at radius 3 is 2.61 bits per heavy atom. The Morgan fingerprint density at radius 2 is 2.06 bits per heavy atom. The van der Waals surface area contributed by atoms with Crippen LogP contribution in [0.15, 0.2) is 0 Å². The fourth-order valence-electron chi connectivity index (χ4n) is 2.51. The molecule has 106 valence electrons. The lowest BCUT2D eigenvalue weighted by atomic mass is 9.96. The first-order chi connectivity index (χ1) is 8.58. The number of aliphatic hydroxyl groups is 1. The highest BCUT2D eigenvalue weighted by Crippen LogP contribution is 2.17. The number of rotatable bonds is 6. The number of β-amino-alcohol motifs (C(OH)–C–C–N with tert-alkyl or cyclic N) is 1. The maximum absolute atomic E-state index is 11.8. The molecule has 18 heavy (non-hydrogen) atoms. The first-order valence-electron chi connectivity index (χ1n) is 7.26. The molecule has 4 nitrogen and oxygen atoms in total. The molecule has 4 heteroatoms. The van der Waals surface area contributed by atoms with Crippen LogP contribution in [0.3, 0.4) is 0 Å². The molecule has 1 heterocycles. The predicted octanol–water partition coefficient (Wildman–Crippen LogP) is 1.34. The van der Waals surface area contributed by atoms with Crippen LogP contribution >= 0.6 is 0 Å². The Labute approximate surface area is 111 Å². The summed E-state index contributed by atoms with van der Waals surface area (Å²) in [4.78, 5) is 16.0. The van der Waals surface area contributed by atoms with Gasteiger partial charge in [-0.15, -0.1) is 0 Å². The van der Waals surface area contributed by atoms with Gasteiger partial charge in [0.1, 0.15) is 0 Å². The molecular weight excluding hydrogens is 228 g/mol. The van der Waals surface area contributed by atoms with Gasteiger partial charge in [-0.3, -0.25) is 4.79 Å². The average molecular weight is 256 g/mol. The Balaban J connectivity index is 2.20. The van der Waals surface area contributed by atoms with Crippen molar-refractivity contribution in [2.24, 2.45) is 5.92 Å². The van der Waals surface area contributed by atoms with Crippen LogP contribution in [0.5, 0.6) is 0 Å². The fraction of sp³-hybridized carbons (Fsp3) is 0.929. The number of piperidine rings is 1. The molecule has 0 aliphatic carbocycles. The molecule has 1 fully saturated rings. The van der Waals surface area contributed by atoms with Gasteiger partial charge < -0.3 is 14.9 Å². The Kier molecular flexibility index (Phi) is 6.65. The van der Waals surface area contributed by atoms with Gasteiger partial charge in [-0.05, 0) is 45.7 Å². The van der Waals surface area contributed by atoms with E-state index in [1.54, 1.807) is 0 Å². The Morgan fingerprint density at radius 1 is 1.39 bits per heavy atom. The molecule has 2 atom stereocenters. The maximum Gasteiger partial charge on any atom is 0.222 e. The second-order valence-electron chi connectivity index (χ2n) is 5.30. The molecule has 1 saturated heterocycles. The molecular formula is C14H28N2O2. The van der Waals surface area contributed by atoms with E-state index < -0.39 is 0 Å². The number of aliphatic hydroxyl groups excluding tert-OH is 1. The van der Waals surface area contributed by atoms with Crippen LogP contribution in [0.2, 0.25) is 0 Å². The van der Waals surface area contributed by atoms with E-state index in [2.05, 4.69) is 11.8 Å². The summed E-state index contributed by atoms with van der Waals surface area (Å²) in [5.41, 5.74) is 0. The van der Waals surface area contributed by atoms with Gasteiger partial charge in [-0.1, -0.05) is 6.92 Å². The zero-order valence-corrected chi connectivity index (χ0v) is 12.1. The van der Waals surface area contributed by atoms with E-state index in [9.17, 15) is 9.90 Å². The number of amides is 1. The van der Waals surface area contributed by atoms with Crippen molar-refractivity contribution < 1.29 is 9.90 Å². The fourth-order valence-corrected chi connectivity index (χ4v) is 2.51. The summed E-state index contributed by atoms with van der Waals surface area (Å²) < 4.78 is 0. The van der Waals surface area contributed by atoms with E-state index in [1.807, 2.05) is 18.7 Å². The van der Waals surface area contributed by atoms with Gasteiger partial charge in [0, 0.05) is 26.1 Å². The van der Waals surface area contributed by atoms with Crippen molar-refractivity contribution in [3.8, 4) is 0 Å². The SMILES string of the molecule is CCN(CC)C(=O)CCCN1CCC(C)C(O)C1. The highest BCUT2D eigenvalue weighted by molar-refractivity contribution is 5.76. The van der Waals surface area contributed by atoms with Gasteiger partial charge >= 0.3 is 0 Å². The van der Waals surface area contributed by atoms with Gasteiger partial charge in [-0.2, -0.15) is 0 Å². The summed E-state index contributed by atoms with van der Waals surface area (Å²) in [6.45, 7) is 10.5. The van der Waals surface area contributed by atoms with Crippen molar-refractivity contribution in [1.82, 2.24) is 9.80 Å². The normalized spacial score (nSPS) is 25.1.